The van der Waals surface area contributed by atoms with Gasteiger partial charge in [0, 0.05) is 24.9 Å². The smallest absolute Gasteiger partial charge is 0.168 e. The first-order valence-electron chi connectivity index (χ1n) is 6.63. The molecule has 1 aliphatic heterocycles. The molecule has 0 spiro atoms. The van der Waals surface area contributed by atoms with Gasteiger partial charge in [0.25, 0.3) is 0 Å². The maximum atomic E-state index is 6.11. The van der Waals surface area contributed by atoms with Crippen molar-refractivity contribution in [3.05, 3.63) is 29.8 Å². The summed E-state index contributed by atoms with van der Waals surface area (Å²) in [5.74, 6) is 1.55. The minimum atomic E-state index is 0.190. The average molecular weight is 263 g/mol. The van der Waals surface area contributed by atoms with Crippen molar-refractivity contribution in [3.8, 4) is 11.5 Å². The molecule has 1 aromatic rings. The van der Waals surface area contributed by atoms with E-state index in [-0.39, 0.29) is 6.10 Å². The van der Waals surface area contributed by atoms with E-state index in [0.29, 0.717) is 6.54 Å². The molecule has 0 amide bonds. The zero-order valence-electron chi connectivity index (χ0n) is 11.3. The number of para-hydroxylation sites is 1. The third kappa shape index (κ3) is 3.72. The van der Waals surface area contributed by atoms with Crippen LogP contribution in [0.5, 0.6) is 11.5 Å². The Morgan fingerprint density at radius 2 is 2.16 bits per heavy atom. The molecular weight excluding hydrogens is 242 g/mol. The molecule has 1 saturated heterocycles. The van der Waals surface area contributed by atoms with E-state index in [0.717, 1.165) is 43.1 Å². The SMILES string of the molecule is COc1cccc(/C=C/CN)c1OC1CCOCC1. The fourth-order valence-electron chi connectivity index (χ4n) is 2.11. The number of ether oxygens (including phenoxy) is 3. The Balaban J connectivity index is 2.21. The molecule has 104 valence electrons. The fraction of sp³-hybridized carbons (Fsp3) is 0.467. The van der Waals surface area contributed by atoms with E-state index in [1.54, 1.807) is 7.11 Å². The van der Waals surface area contributed by atoms with Crippen LogP contribution in [0.1, 0.15) is 18.4 Å². The molecule has 4 nitrogen and oxygen atoms in total. The first kappa shape index (κ1) is 13.9. The van der Waals surface area contributed by atoms with Gasteiger partial charge in [0.05, 0.1) is 20.3 Å². The average Bonchev–Trinajstić information content (AvgIpc) is 2.47. The quantitative estimate of drug-likeness (QED) is 0.885. The minimum Gasteiger partial charge on any atom is -0.493 e. The molecule has 0 bridgehead atoms. The van der Waals surface area contributed by atoms with Gasteiger partial charge in [-0.1, -0.05) is 24.3 Å². The van der Waals surface area contributed by atoms with Crippen LogP contribution in [-0.2, 0) is 4.74 Å². The van der Waals surface area contributed by atoms with Crippen LogP contribution in [-0.4, -0.2) is 33.0 Å². The normalized spacial score (nSPS) is 16.7. The summed E-state index contributed by atoms with van der Waals surface area (Å²) >= 11 is 0. The van der Waals surface area contributed by atoms with Gasteiger partial charge in [-0.25, -0.2) is 0 Å². The van der Waals surface area contributed by atoms with Crippen LogP contribution in [0.2, 0.25) is 0 Å². The van der Waals surface area contributed by atoms with Gasteiger partial charge in [-0.15, -0.1) is 0 Å². The minimum absolute atomic E-state index is 0.190. The first-order valence-corrected chi connectivity index (χ1v) is 6.63. The van der Waals surface area contributed by atoms with Gasteiger partial charge < -0.3 is 19.9 Å². The summed E-state index contributed by atoms with van der Waals surface area (Å²) in [5.41, 5.74) is 6.50. The maximum Gasteiger partial charge on any atom is 0.168 e. The van der Waals surface area contributed by atoms with E-state index in [4.69, 9.17) is 19.9 Å². The molecule has 1 heterocycles. The summed E-state index contributed by atoms with van der Waals surface area (Å²) in [4.78, 5) is 0. The van der Waals surface area contributed by atoms with Gasteiger partial charge in [0.1, 0.15) is 6.10 Å². The molecule has 0 aromatic heterocycles. The summed E-state index contributed by atoms with van der Waals surface area (Å²) in [7, 11) is 1.66. The van der Waals surface area contributed by atoms with E-state index < -0.39 is 0 Å². The molecule has 0 aliphatic carbocycles. The molecule has 0 radical (unpaired) electrons. The topological polar surface area (TPSA) is 53.7 Å². The number of benzene rings is 1. The Labute approximate surface area is 114 Å². The summed E-state index contributed by atoms with van der Waals surface area (Å²) < 4.78 is 16.8. The lowest BCUT2D eigenvalue weighted by atomic mass is 10.1. The van der Waals surface area contributed by atoms with Crippen LogP contribution in [0.15, 0.2) is 24.3 Å². The van der Waals surface area contributed by atoms with Crippen molar-refractivity contribution in [2.24, 2.45) is 5.73 Å². The number of rotatable bonds is 5. The summed E-state index contributed by atoms with van der Waals surface area (Å²) in [6.45, 7) is 2.02. The van der Waals surface area contributed by atoms with Crippen molar-refractivity contribution >= 4 is 6.08 Å². The van der Waals surface area contributed by atoms with Crippen LogP contribution in [0.4, 0.5) is 0 Å². The molecule has 1 aromatic carbocycles. The van der Waals surface area contributed by atoms with Gasteiger partial charge in [-0.2, -0.15) is 0 Å². The molecule has 1 aliphatic rings. The highest BCUT2D eigenvalue weighted by Gasteiger charge is 2.18. The first-order chi connectivity index (χ1) is 9.35. The van der Waals surface area contributed by atoms with Crippen molar-refractivity contribution in [1.82, 2.24) is 0 Å². The second-order valence-corrected chi connectivity index (χ2v) is 4.45. The lowest BCUT2D eigenvalue weighted by Crippen LogP contribution is -2.26. The second kappa shape index (κ2) is 7.16. The predicted molar refractivity (Wildman–Crippen MR) is 75.6 cm³/mol. The molecule has 0 unspecified atom stereocenters. The Morgan fingerprint density at radius 3 is 2.84 bits per heavy atom. The predicted octanol–water partition coefficient (Wildman–Crippen LogP) is 2.22. The van der Waals surface area contributed by atoms with E-state index in [1.165, 1.54) is 0 Å². The number of hydrogen-bond donors (Lipinski definition) is 1. The standard InChI is InChI=1S/C15H21NO3/c1-17-14-6-2-4-12(5-3-9-16)15(14)19-13-7-10-18-11-8-13/h2-6,13H,7-11,16H2,1H3/b5-3+. The molecule has 19 heavy (non-hydrogen) atoms. The molecule has 4 heteroatoms. The van der Waals surface area contributed by atoms with Crippen LogP contribution in [0, 0.1) is 0 Å². The van der Waals surface area contributed by atoms with E-state index in [1.807, 2.05) is 30.4 Å². The van der Waals surface area contributed by atoms with Gasteiger partial charge in [-0.3, -0.25) is 0 Å². The zero-order valence-corrected chi connectivity index (χ0v) is 11.3. The van der Waals surface area contributed by atoms with Crippen molar-refractivity contribution < 1.29 is 14.2 Å². The maximum absolute atomic E-state index is 6.11. The van der Waals surface area contributed by atoms with Gasteiger partial charge in [-0.05, 0) is 6.07 Å². The highest BCUT2D eigenvalue weighted by atomic mass is 16.5. The highest BCUT2D eigenvalue weighted by Crippen LogP contribution is 2.34. The van der Waals surface area contributed by atoms with Crippen molar-refractivity contribution in [1.29, 1.82) is 0 Å². The molecule has 0 saturated carbocycles. The van der Waals surface area contributed by atoms with Crippen LogP contribution >= 0.6 is 0 Å². The molecule has 1 fully saturated rings. The Hall–Kier alpha value is -1.52. The third-order valence-corrected chi connectivity index (χ3v) is 3.12. The van der Waals surface area contributed by atoms with E-state index in [9.17, 15) is 0 Å². The van der Waals surface area contributed by atoms with Crippen LogP contribution < -0.4 is 15.2 Å². The summed E-state index contributed by atoms with van der Waals surface area (Å²) in [6.07, 6.45) is 5.90. The Kier molecular flexibility index (Phi) is 5.24. The lowest BCUT2D eigenvalue weighted by Gasteiger charge is -2.25. The highest BCUT2D eigenvalue weighted by molar-refractivity contribution is 5.62. The van der Waals surface area contributed by atoms with Gasteiger partial charge in [0.15, 0.2) is 11.5 Å². The molecule has 2 N–H and O–H groups in total. The monoisotopic (exact) mass is 263 g/mol. The van der Waals surface area contributed by atoms with Crippen molar-refractivity contribution in [2.45, 2.75) is 18.9 Å². The zero-order chi connectivity index (χ0) is 13.5. The number of hydrogen-bond acceptors (Lipinski definition) is 4. The van der Waals surface area contributed by atoms with Gasteiger partial charge in [0.2, 0.25) is 0 Å². The Morgan fingerprint density at radius 1 is 1.37 bits per heavy atom. The van der Waals surface area contributed by atoms with E-state index >= 15 is 0 Å². The fourth-order valence-corrected chi connectivity index (χ4v) is 2.11. The third-order valence-electron chi connectivity index (χ3n) is 3.12. The van der Waals surface area contributed by atoms with Gasteiger partial charge >= 0.3 is 0 Å². The number of methoxy groups -OCH3 is 1. The summed E-state index contributed by atoms with van der Waals surface area (Å²) in [6, 6.07) is 5.86. The molecular formula is C15H21NO3. The van der Waals surface area contributed by atoms with Crippen molar-refractivity contribution in [3.63, 3.8) is 0 Å². The van der Waals surface area contributed by atoms with Crippen LogP contribution in [0.3, 0.4) is 0 Å². The summed E-state index contributed by atoms with van der Waals surface area (Å²) in [5, 5.41) is 0. The van der Waals surface area contributed by atoms with Crippen LogP contribution in [0.25, 0.3) is 6.08 Å². The Bertz CT molecular complexity index is 425. The van der Waals surface area contributed by atoms with Crippen molar-refractivity contribution in [2.75, 3.05) is 26.9 Å². The molecule has 2 rings (SSSR count). The second-order valence-electron chi connectivity index (χ2n) is 4.45. The lowest BCUT2D eigenvalue weighted by molar-refractivity contribution is 0.0244. The molecule has 0 atom stereocenters. The largest absolute Gasteiger partial charge is 0.493 e. The number of nitrogens with two attached hydrogens (primary N) is 1. The van der Waals surface area contributed by atoms with E-state index in [2.05, 4.69) is 0 Å².